The van der Waals surface area contributed by atoms with E-state index in [0.717, 1.165) is 18.5 Å². The van der Waals surface area contributed by atoms with Crippen molar-refractivity contribution in [3.63, 3.8) is 0 Å². The second kappa shape index (κ2) is 7.43. The molecule has 1 atom stereocenters. The normalized spacial score (nSPS) is 33.3. The largest absolute Gasteiger partial charge is 0.312 e. The minimum Gasteiger partial charge on any atom is -0.312 e. The Morgan fingerprint density at radius 2 is 1.71 bits per heavy atom. The number of piperazine rings is 1. The Hall–Kier alpha value is -0.120. The van der Waals surface area contributed by atoms with Crippen LogP contribution in [0, 0.1) is 11.3 Å². The summed E-state index contributed by atoms with van der Waals surface area (Å²) in [5.74, 6) is 0.934. The Bertz CT molecular complexity index is 308. The predicted molar refractivity (Wildman–Crippen MR) is 91.7 cm³/mol. The average molecular weight is 296 g/mol. The lowest BCUT2D eigenvalue weighted by Gasteiger charge is -2.41. The Morgan fingerprint density at radius 3 is 2.33 bits per heavy atom. The molecule has 0 aromatic heterocycles. The number of hydrogen-bond donors (Lipinski definition) is 1. The lowest BCUT2D eigenvalue weighted by Crippen LogP contribution is -2.55. The molecule has 0 radical (unpaired) electrons. The van der Waals surface area contributed by atoms with Crippen molar-refractivity contribution in [1.82, 2.24) is 15.1 Å². The molecule has 1 N–H and O–H groups in total. The molecule has 1 heterocycles. The molecule has 1 saturated heterocycles. The molecule has 0 aromatic rings. The Morgan fingerprint density at radius 1 is 1.05 bits per heavy atom. The van der Waals surface area contributed by atoms with Crippen molar-refractivity contribution in [2.75, 3.05) is 40.3 Å². The number of nitrogens with zero attached hydrogens (tertiary/aromatic N) is 2. The monoisotopic (exact) mass is 295 g/mol. The van der Waals surface area contributed by atoms with Crippen molar-refractivity contribution >= 4 is 0 Å². The third-order valence-corrected chi connectivity index (χ3v) is 6.37. The second-order valence-electron chi connectivity index (χ2n) is 8.20. The lowest BCUT2D eigenvalue weighted by molar-refractivity contribution is 0.102. The predicted octanol–water partition coefficient (Wildman–Crippen LogP) is 2.82. The van der Waals surface area contributed by atoms with Gasteiger partial charge in [-0.1, -0.05) is 27.2 Å². The van der Waals surface area contributed by atoms with E-state index in [1.54, 1.807) is 0 Å². The van der Waals surface area contributed by atoms with E-state index in [-0.39, 0.29) is 0 Å². The highest BCUT2D eigenvalue weighted by atomic mass is 15.3. The summed E-state index contributed by atoms with van der Waals surface area (Å²) < 4.78 is 0. The van der Waals surface area contributed by atoms with Crippen molar-refractivity contribution in [2.45, 2.75) is 65.0 Å². The maximum Gasteiger partial charge on any atom is 0.0345 e. The third kappa shape index (κ3) is 4.67. The Kier molecular flexibility index (Phi) is 6.10. The minimum atomic E-state index is 0.539. The number of likely N-dealkylation sites (N-methyl/N-ethyl adjacent to an activating group) is 2. The van der Waals surface area contributed by atoms with Crippen LogP contribution in [0.4, 0.5) is 0 Å². The van der Waals surface area contributed by atoms with Gasteiger partial charge in [0.15, 0.2) is 0 Å². The van der Waals surface area contributed by atoms with Crippen LogP contribution in [0.1, 0.15) is 52.9 Å². The summed E-state index contributed by atoms with van der Waals surface area (Å²) in [5.41, 5.74) is 0.539. The summed E-state index contributed by atoms with van der Waals surface area (Å²) in [7, 11) is 4.53. The molecule has 3 nitrogen and oxygen atoms in total. The summed E-state index contributed by atoms with van der Waals surface area (Å²) in [6, 6.07) is 1.45. The van der Waals surface area contributed by atoms with Crippen LogP contribution in [-0.4, -0.2) is 62.2 Å². The second-order valence-corrected chi connectivity index (χ2v) is 8.20. The fourth-order valence-corrected chi connectivity index (χ4v) is 3.99. The molecule has 2 fully saturated rings. The molecule has 0 bridgehead atoms. The van der Waals surface area contributed by atoms with Crippen LogP contribution in [0.15, 0.2) is 0 Å². The summed E-state index contributed by atoms with van der Waals surface area (Å²) in [5, 5.41) is 3.86. The maximum atomic E-state index is 3.86. The molecule has 0 amide bonds. The summed E-state index contributed by atoms with van der Waals surface area (Å²) in [6.07, 6.45) is 6.90. The molecule has 2 rings (SSSR count). The Balaban J connectivity index is 1.71. The van der Waals surface area contributed by atoms with Gasteiger partial charge in [-0.25, -0.2) is 0 Å². The molecule has 1 unspecified atom stereocenters. The molecule has 3 heteroatoms. The fourth-order valence-electron chi connectivity index (χ4n) is 3.99. The topological polar surface area (TPSA) is 18.5 Å². The van der Waals surface area contributed by atoms with Crippen LogP contribution < -0.4 is 5.32 Å². The van der Waals surface area contributed by atoms with E-state index < -0.39 is 0 Å². The van der Waals surface area contributed by atoms with Crippen molar-refractivity contribution in [1.29, 1.82) is 0 Å². The van der Waals surface area contributed by atoms with E-state index in [1.807, 2.05) is 0 Å². The maximum absolute atomic E-state index is 3.86. The van der Waals surface area contributed by atoms with Crippen LogP contribution in [-0.2, 0) is 0 Å². The Labute approximate surface area is 132 Å². The van der Waals surface area contributed by atoms with Crippen LogP contribution in [0.2, 0.25) is 0 Å². The highest BCUT2D eigenvalue weighted by molar-refractivity contribution is 4.87. The van der Waals surface area contributed by atoms with Crippen LogP contribution >= 0.6 is 0 Å². The van der Waals surface area contributed by atoms with Gasteiger partial charge in [0.25, 0.3) is 0 Å². The van der Waals surface area contributed by atoms with Gasteiger partial charge in [0.05, 0.1) is 0 Å². The number of nitrogens with one attached hydrogen (secondary N) is 1. The molecule has 1 aliphatic heterocycles. The van der Waals surface area contributed by atoms with Gasteiger partial charge in [0, 0.05) is 38.3 Å². The first-order chi connectivity index (χ1) is 9.92. The summed E-state index contributed by atoms with van der Waals surface area (Å²) >= 11 is 0. The van der Waals surface area contributed by atoms with Gasteiger partial charge in [-0.15, -0.1) is 0 Å². The van der Waals surface area contributed by atoms with Gasteiger partial charge in [0.1, 0.15) is 0 Å². The first-order valence-corrected chi connectivity index (χ1v) is 9.04. The molecule has 2 aliphatic rings. The van der Waals surface area contributed by atoms with E-state index in [2.05, 4.69) is 50.0 Å². The van der Waals surface area contributed by atoms with Gasteiger partial charge in [-0.2, -0.15) is 0 Å². The molecule has 0 spiro atoms. The van der Waals surface area contributed by atoms with Gasteiger partial charge >= 0.3 is 0 Å². The van der Waals surface area contributed by atoms with Crippen molar-refractivity contribution in [3.05, 3.63) is 0 Å². The zero-order valence-electron chi connectivity index (χ0n) is 15.0. The van der Waals surface area contributed by atoms with Crippen molar-refractivity contribution < 1.29 is 0 Å². The van der Waals surface area contributed by atoms with Gasteiger partial charge < -0.3 is 10.2 Å². The van der Waals surface area contributed by atoms with Gasteiger partial charge in [-0.05, 0) is 51.1 Å². The summed E-state index contributed by atoms with van der Waals surface area (Å²) in [6.45, 7) is 12.1. The van der Waals surface area contributed by atoms with E-state index in [0.29, 0.717) is 11.5 Å². The first-order valence-electron chi connectivity index (χ1n) is 9.04. The molecule has 0 aromatic carbocycles. The standard InChI is InChI=1S/C18H37N3/c1-6-18(2,3)15-7-9-16(10-8-15)19-13-17-14-20(4)11-12-21(17)5/h15-17,19H,6-14H2,1-5H3. The van der Waals surface area contributed by atoms with Gasteiger partial charge in [0.2, 0.25) is 0 Å². The zero-order valence-corrected chi connectivity index (χ0v) is 15.0. The van der Waals surface area contributed by atoms with Crippen LogP contribution in [0.3, 0.4) is 0 Å². The molecular formula is C18H37N3. The van der Waals surface area contributed by atoms with Gasteiger partial charge in [-0.3, -0.25) is 4.90 Å². The molecule has 124 valence electrons. The van der Waals surface area contributed by atoms with Crippen LogP contribution in [0.5, 0.6) is 0 Å². The van der Waals surface area contributed by atoms with E-state index >= 15 is 0 Å². The first kappa shape index (κ1) is 17.2. The van der Waals surface area contributed by atoms with E-state index in [4.69, 9.17) is 0 Å². The average Bonchev–Trinajstić information content (AvgIpc) is 2.48. The summed E-state index contributed by atoms with van der Waals surface area (Å²) in [4.78, 5) is 4.99. The third-order valence-electron chi connectivity index (χ3n) is 6.37. The number of rotatable bonds is 5. The molecule has 21 heavy (non-hydrogen) atoms. The van der Waals surface area contributed by atoms with Crippen molar-refractivity contribution in [2.24, 2.45) is 11.3 Å². The quantitative estimate of drug-likeness (QED) is 0.841. The van der Waals surface area contributed by atoms with Crippen molar-refractivity contribution in [3.8, 4) is 0 Å². The smallest absolute Gasteiger partial charge is 0.0345 e. The fraction of sp³-hybridized carbons (Fsp3) is 1.00. The SMILES string of the molecule is CCC(C)(C)C1CCC(NCC2CN(C)CCN2C)CC1. The van der Waals surface area contributed by atoms with Crippen LogP contribution in [0.25, 0.3) is 0 Å². The molecule has 1 saturated carbocycles. The molecular weight excluding hydrogens is 258 g/mol. The number of hydrogen-bond acceptors (Lipinski definition) is 3. The lowest BCUT2D eigenvalue weighted by atomic mass is 9.69. The minimum absolute atomic E-state index is 0.539. The highest BCUT2D eigenvalue weighted by Gasteiger charge is 2.32. The molecule has 1 aliphatic carbocycles. The van der Waals surface area contributed by atoms with E-state index in [9.17, 15) is 0 Å². The zero-order chi connectivity index (χ0) is 15.5. The highest BCUT2D eigenvalue weighted by Crippen LogP contribution is 2.40. The van der Waals surface area contributed by atoms with E-state index in [1.165, 1.54) is 51.7 Å².